The Labute approximate surface area is 54.0 Å². The van der Waals surface area contributed by atoms with E-state index < -0.39 is 7.82 Å². The number of quaternary nitrogens is 1. The van der Waals surface area contributed by atoms with Gasteiger partial charge in [0.1, 0.15) is 0 Å². The molecule has 0 heterocycles. The summed E-state index contributed by atoms with van der Waals surface area (Å²) in [6.45, 7) is 0. The van der Waals surface area contributed by atoms with E-state index in [9.17, 15) is 0 Å². The van der Waals surface area contributed by atoms with Crippen LogP contribution in [0.15, 0.2) is 0 Å². The van der Waals surface area contributed by atoms with Crippen molar-refractivity contribution in [3.05, 3.63) is 0 Å². The minimum atomic E-state index is -5.39. The van der Waals surface area contributed by atoms with Gasteiger partial charge in [0.05, 0.1) is 0 Å². The Kier molecular flexibility index (Phi) is 10.6. The fraction of sp³-hybridized carbons (Fsp3) is 0. The second-order valence-corrected chi connectivity index (χ2v) is 1.34. The molecule has 46 valence electrons. The molecule has 7 heteroatoms. The van der Waals surface area contributed by atoms with Crippen LogP contribution < -0.4 is 20.8 Å². The maximum absolute atomic E-state index is 8.55. The zero-order valence-corrected chi connectivity index (χ0v) is 5.43. The van der Waals surface area contributed by atoms with Gasteiger partial charge in [0.15, 0.2) is 0 Å². The van der Waals surface area contributed by atoms with E-state index in [1.165, 1.54) is 0 Å². The third kappa shape index (κ3) is 399. The molecule has 0 aromatic carbocycles. The summed E-state index contributed by atoms with van der Waals surface area (Å²) >= 11 is 0. The first-order valence-electron chi connectivity index (χ1n) is 0.730. The molecule has 0 atom stereocenters. The second kappa shape index (κ2) is 4.74. The molecule has 4 N–H and O–H groups in total. The van der Waals surface area contributed by atoms with E-state index in [-0.39, 0.29) is 26.1 Å². The number of hydrogen-bond donors (Lipinski definition) is 1. The Balaban J connectivity index is -0.0000000133. The summed E-state index contributed by atoms with van der Waals surface area (Å²) in [6, 6.07) is 0. The van der Waals surface area contributed by atoms with E-state index in [0.29, 0.717) is 0 Å². The molecule has 0 saturated carbocycles. The fourth-order valence-corrected chi connectivity index (χ4v) is 0. The summed E-state index contributed by atoms with van der Waals surface area (Å²) in [5.41, 5.74) is 0. The molecule has 0 aliphatic heterocycles. The SMILES string of the molecule is O=P([O-])([O-])[O-].[Fe+2].[H+].[H+].[NH4+]. The molecule has 0 fully saturated rings. The average Bonchev–Trinajstić information content (AvgIpc) is 0.722. The topological polar surface area (TPSA) is 123 Å². The predicted molar refractivity (Wildman–Crippen MR) is 15.8 cm³/mol. The second-order valence-electron chi connectivity index (χ2n) is 0.447. The van der Waals surface area contributed by atoms with Crippen LogP contribution in [0.5, 0.6) is 0 Å². The third-order valence-electron chi connectivity index (χ3n) is 0. The van der Waals surface area contributed by atoms with Gasteiger partial charge in [-0.2, -0.15) is 7.82 Å². The van der Waals surface area contributed by atoms with Crippen LogP contribution in [0.25, 0.3) is 0 Å². The molecule has 7 heavy (non-hydrogen) atoms. The van der Waals surface area contributed by atoms with E-state index in [1.54, 1.807) is 0 Å². The van der Waals surface area contributed by atoms with Crippen LogP contribution in [-0.2, 0) is 21.6 Å². The summed E-state index contributed by atoms with van der Waals surface area (Å²) in [6.07, 6.45) is 0. The number of rotatable bonds is 0. The van der Waals surface area contributed by atoms with Crippen LogP contribution in [0.1, 0.15) is 2.85 Å². The maximum Gasteiger partial charge on any atom is 2.00 e. The van der Waals surface area contributed by atoms with E-state index in [1.807, 2.05) is 0 Å². The van der Waals surface area contributed by atoms with E-state index >= 15 is 0 Å². The van der Waals surface area contributed by atoms with Crippen molar-refractivity contribution in [2.45, 2.75) is 0 Å². The normalized spacial score (nSPS) is 8.43. The zero-order chi connectivity index (χ0) is 4.50. The van der Waals surface area contributed by atoms with Gasteiger partial charge in [-0.05, 0) is 0 Å². The summed E-state index contributed by atoms with van der Waals surface area (Å²) in [5, 5.41) is 0. The molecule has 0 unspecified atom stereocenters. The van der Waals surface area contributed by atoms with E-state index in [4.69, 9.17) is 19.2 Å². The monoisotopic (exact) mass is 171 g/mol. The molecule has 5 nitrogen and oxygen atoms in total. The molecule has 0 aromatic heterocycles. The standard InChI is InChI=1S/Fe.H3N.H3O4P/c;;1-5(2,3)4/h;1H3;(H3,1,2,3,4)/q+2;;. The van der Waals surface area contributed by atoms with Gasteiger partial charge in [-0.3, -0.25) is 0 Å². The van der Waals surface area contributed by atoms with Gasteiger partial charge in [-0.25, -0.2) is 0 Å². The Morgan fingerprint density at radius 1 is 1.29 bits per heavy atom. The fourth-order valence-electron chi connectivity index (χ4n) is 0. The average molecular weight is 171 g/mol. The smallest absolute Gasteiger partial charge is 0.822 e. The molecule has 0 amide bonds. The predicted octanol–water partition coefficient (Wildman–Crippen LogP) is -2.23. The molecular formula is H6FeNO4P+2. The van der Waals surface area contributed by atoms with Crippen molar-refractivity contribution in [3.63, 3.8) is 0 Å². The van der Waals surface area contributed by atoms with Gasteiger partial charge < -0.3 is 25.4 Å². The Hall–Kier alpha value is 0.589. The first-order chi connectivity index (χ1) is 2.00. The van der Waals surface area contributed by atoms with Crippen LogP contribution in [0, 0.1) is 0 Å². The molecule has 0 spiro atoms. The molecule has 0 saturated heterocycles. The van der Waals surface area contributed by atoms with Gasteiger partial charge >= 0.3 is 19.9 Å². The van der Waals surface area contributed by atoms with Crippen molar-refractivity contribution < 1.29 is 39.2 Å². The van der Waals surface area contributed by atoms with Gasteiger partial charge in [0, 0.05) is 0 Å². The molecule has 0 rings (SSSR count). The van der Waals surface area contributed by atoms with Crippen LogP contribution in [0.3, 0.4) is 0 Å². The quantitative estimate of drug-likeness (QED) is 0.327. The first-order valence-corrected chi connectivity index (χ1v) is 2.19. The summed E-state index contributed by atoms with van der Waals surface area (Å²) < 4.78 is 8.55. The van der Waals surface area contributed by atoms with Crippen molar-refractivity contribution in [2.75, 3.05) is 0 Å². The van der Waals surface area contributed by atoms with Crippen LogP contribution in [0.4, 0.5) is 0 Å². The van der Waals surface area contributed by atoms with Crippen molar-refractivity contribution in [1.29, 1.82) is 0 Å². The largest absolute Gasteiger partial charge is 2.00 e. The molecule has 0 aliphatic carbocycles. The van der Waals surface area contributed by atoms with Crippen LogP contribution in [-0.4, -0.2) is 0 Å². The van der Waals surface area contributed by atoms with Gasteiger partial charge in [-0.1, -0.05) is 0 Å². The summed E-state index contributed by atoms with van der Waals surface area (Å²) in [4.78, 5) is 25.6. The Bertz CT molecular complexity index is 64.7. The zero-order valence-electron chi connectivity index (χ0n) is 5.43. The molecule has 0 aliphatic rings. The van der Waals surface area contributed by atoms with E-state index in [0.717, 1.165) is 0 Å². The first kappa shape index (κ1) is 15.6. The molecule has 0 bridgehead atoms. The van der Waals surface area contributed by atoms with Crippen molar-refractivity contribution >= 4 is 7.82 Å². The van der Waals surface area contributed by atoms with Gasteiger partial charge in [0.2, 0.25) is 0 Å². The van der Waals surface area contributed by atoms with Crippen molar-refractivity contribution in [1.82, 2.24) is 6.15 Å². The minimum absolute atomic E-state index is 0. The Morgan fingerprint density at radius 3 is 1.29 bits per heavy atom. The molecule has 0 aromatic rings. The minimum Gasteiger partial charge on any atom is -0.822 e. The van der Waals surface area contributed by atoms with Crippen LogP contribution in [0.2, 0.25) is 0 Å². The van der Waals surface area contributed by atoms with Crippen molar-refractivity contribution in [2.24, 2.45) is 0 Å². The number of phosphoric acid groups is 1. The molecular weight excluding hydrogens is 165 g/mol. The molecule has 0 radical (unpaired) electrons. The number of hydrogen-bond acceptors (Lipinski definition) is 4. The van der Waals surface area contributed by atoms with Crippen molar-refractivity contribution in [3.8, 4) is 0 Å². The summed E-state index contributed by atoms with van der Waals surface area (Å²) in [7, 11) is -5.39. The van der Waals surface area contributed by atoms with Gasteiger partial charge in [0.25, 0.3) is 0 Å². The summed E-state index contributed by atoms with van der Waals surface area (Å²) in [5.74, 6) is 0. The van der Waals surface area contributed by atoms with E-state index in [2.05, 4.69) is 0 Å². The Morgan fingerprint density at radius 2 is 1.29 bits per heavy atom. The maximum atomic E-state index is 8.55. The van der Waals surface area contributed by atoms with Crippen LogP contribution >= 0.6 is 7.82 Å². The van der Waals surface area contributed by atoms with Gasteiger partial charge in [-0.15, -0.1) is 0 Å². The third-order valence-corrected chi connectivity index (χ3v) is 0.